The van der Waals surface area contributed by atoms with E-state index in [1.807, 2.05) is 30.3 Å². The molecule has 0 bridgehead atoms. The predicted molar refractivity (Wildman–Crippen MR) is 86.1 cm³/mol. The molecule has 0 aliphatic rings. The fourth-order valence-corrected chi connectivity index (χ4v) is 2.21. The molecule has 4 nitrogen and oxygen atoms in total. The van der Waals surface area contributed by atoms with Crippen molar-refractivity contribution in [2.24, 2.45) is 0 Å². The topological polar surface area (TPSA) is 59.7 Å². The number of hydrogen-bond donors (Lipinski definition) is 1. The molecule has 2 aromatic rings. The molecule has 0 fully saturated rings. The predicted octanol–water partition coefficient (Wildman–Crippen LogP) is 3.40. The summed E-state index contributed by atoms with van der Waals surface area (Å²) in [5.41, 5.74) is 1.75. The molecule has 22 heavy (non-hydrogen) atoms. The van der Waals surface area contributed by atoms with Crippen LogP contribution in [-0.2, 0) is 0 Å². The van der Waals surface area contributed by atoms with E-state index < -0.39 is 6.10 Å². The number of rotatable bonds is 5. The Morgan fingerprint density at radius 2 is 1.91 bits per heavy atom. The number of aliphatic hydroxyl groups is 1. The third-order valence-electron chi connectivity index (χ3n) is 3.56. The van der Waals surface area contributed by atoms with Crippen LogP contribution in [0.2, 0.25) is 0 Å². The van der Waals surface area contributed by atoms with Crippen LogP contribution in [0.4, 0.5) is 0 Å². The summed E-state index contributed by atoms with van der Waals surface area (Å²) in [5.74, 6) is 0.673. The molecule has 0 aliphatic carbocycles. The van der Waals surface area contributed by atoms with Gasteiger partial charge in [-0.1, -0.05) is 36.4 Å². The van der Waals surface area contributed by atoms with Crippen molar-refractivity contribution in [3.63, 3.8) is 0 Å². The smallest absolute Gasteiger partial charge is 0.291 e. The Morgan fingerprint density at radius 1 is 1.23 bits per heavy atom. The molecule has 0 radical (unpaired) electrons. The van der Waals surface area contributed by atoms with Gasteiger partial charge >= 0.3 is 0 Å². The summed E-state index contributed by atoms with van der Waals surface area (Å²) in [7, 11) is 1.47. The summed E-state index contributed by atoms with van der Waals surface area (Å²) in [6, 6.07) is 9.42. The summed E-state index contributed by atoms with van der Waals surface area (Å²) in [6.45, 7) is 3.38. The van der Waals surface area contributed by atoms with Crippen molar-refractivity contribution in [2.75, 3.05) is 7.11 Å². The minimum absolute atomic E-state index is 0.0913. The van der Waals surface area contributed by atoms with Crippen LogP contribution in [0.5, 0.6) is 5.95 Å². The van der Waals surface area contributed by atoms with Crippen molar-refractivity contribution in [1.29, 1.82) is 0 Å². The van der Waals surface area contributed by atoms with E-state index in [0.717, 1.165) is 5.56 Å². The lowest BCUT2D eigenvalue weighted by molar-refractivity contribution is 0.181. The SMILES string of the molecule is COc1oc(/C=C/CC(O)c2ccccc2)c(C)c(=O)c1C. The van der Waals surface area contributed by atoms with E-state index >= 15 is 0 Å². The van der Waals surface area contributed by atoms with Crippen LogP contribution in [0.3, 0.4) is 0 Å². The van der Waals surface area contributed by atoms with Gasteiger partial charge in [-0.05, 0) is 31.9 Å². The summed E-state index contributed by atoms with van der Waals surface area (Å²) >= 11 is 0. The van der Waals surface area contributed by atoms with Gasteiger partial charge in [-0.15, -0.1) is 0 Å². The normalized spacial score (nSPS) is 12.5. The summed E-state index contributed by atoms with van der Waals surface area (Å²) in [4.78, 5) is 12.1. The van der Waals surface area contributed by atoms with Crippen molar-refractivity contribution in [3.8, 4) is 5.95 Å². The molecule has 1 N–H and O–H groups in total. The lowest BCUT2D eigenvalue weighted by Crippen LogP contribution is -2.11. The van der Waals surface area contributed by atoms with Gasteiger partial charge in [0.05, 0.1) is 18.8 Å². The van der Waals surface area contributed by atoms with Crippen LogP contribution in [0.15, 0.2) is 45.6 Å². The lowest BCUT2D eigenvalue weighted by atomic mass is 10.1. The molecule has 1 unspecified atom stereocenters. The van der Waals surface area contributed by atoms with E-state index in [4.69, 9.17) is 9.15 Å². The maximum atomic E-state index is 12.1. The summed E-state index contributed by atoms with van der Waals surface area (Å²) in [6.07, 6.45) is 3.34. The van der Waals surface area contributed by atoms with E-state index in [2.05, 4.69) is 0 Å². The molecule has 4 heteroatoms. The van der Waals surface area contributed by atoms with Crippen molar-refractivity contribution in [1.82, 2.24) is 0 Å². The molecule has 116 valence electrons. The molecule has 1 heterocycles. The van der Waals surface area contributed by atoms with E-state index in [1.165, 1.54) is 7.11 Å². The zero-order valence-electron chi connectivity index (χ0n) is 13.0. The average Bonchev–Trinajstić information content (AvgIpc) is 2.55. The molecule has 1 aromatic carbocycles. The molecule has 1 atom stereocenters. The van der Waals surface area contributed by atoms with Crippen LogP contribution in [-0.4, -0.2) is 12.2 Å². The monoisotopic (exact) mass is 300 g/mol. The third-order valence-corrected chi connectivity index (χ3v) is 3.56. The first-order valence-electron chi connectivity index (χ1n) is 7.12. The van der Waals surface area contributed by atoms with Crippen LogP contribution >= 0.6 is 0 Å². The maximum absolute atomic E-state index is 12.1. The van der Waals surface area contributed by atoms with Gasteiger partial charge in [-0.25, -0.2) is 0 Å². The van der Waals surface area contributed by atoms with E-state index in [1.54, 1.807) is 26.0 Å². The first-order chi connectivity index (χ1) is 10.5. The zero-order valence-corrected chi connectivity index (χ0v) is 13.0. The second-order valence-corrected chi connectivity index (χ2v) is 5.10. The quantitative estimate of drug-likeness (QED) is 0.919. The highest BCUT2D eigenvalue weighted by atomic mass is 16.6. The Labute approximate surface area is 129 Å². The van der Waals surface area contributed by atoms with E-state index in [9.17, 15) is 9.90 Å². The highest BCUT2D eigenvalue weighted by molar-refractivity contribution is 5.49. The van der Waals surface area contributed by atoms with E-state index in [-0.39, 0.29) is 11.4 Å². The minimum Gasteiger partial charge on any atom is -0.468 e. The molecule has 0 aliphatic heterocycles. The number of methoxy groups -OCH3 is 1. The van der Waals surface area contributed by atoms with Gasteiger partial charge in [0.25, 0.3) is 5.95 Å². The Balaban J connectivity index is 2.17. The standard InChI is InChI=1S/C18H20O4/c1-12-16(22-18(21-3)13(2)17(12)20)11-7-10-15(19)14-8-5-4-6-9-14/h4-9,11,15,19H,10H2,1-3H3/b11-7+. The lowest BCUT2D eigenvalue weighted by Gasteiger charge is -2.08. The first-order valence-corrected chi connectivity index (χ1v) is 7.12. The number of aliphatic hydroxyl groups excluding tert-OH is 1. The number of ether oxygens (including phenoxy) is 1. The first kappa shape index (κ1) is 16.0. The second kappa shape index (κ2) is 7.09. The van der Waals surface area contributed by atoms with Crippen LogP contribution in [0.1, 0.15) is 35.0 Å². The fraction of sp³-hybridized carbons (Fsp3) is 0.278. The Hall–Kier alpha value is -2.33. The molecule has 1 aromatic heterocycles. The largest absolute Gasteiger partial charge is 0.468 e. The highest BCUT2D eigenvalue weighted by Gasteiger charge is 2.12. The van der Waals surface area contributed by atoms with Crippen molar-refractivity contribution in [3.05, 3.63) is 69.1 Å². The molecular weight excluding hydrogens is 280 g/mol. The van der Waals surface area contributed by atoms with Crippen LogP contribution in [0.25, 0.3) is 6.08 Å². The second-order valence-electron chi connectivity index (χ2n) is 5.10. The van der Waals surface area contributed by atoms with Gasteiger partial charge < -0.3 is 14.3 Å². The van der Waals surface area contributed by atoms with Gasteiger partial charge in [-0.2, -0.15) is 0 Å². The summed E-state index contributed by atoms with van der Waals surface area (Å²) < 4.78 is 10.6. The summed E-state index contributed by atoms with van der Waals surface area (Å²) in [5, 5.41) is 10.1. The van der Waals surface area contributed by atoms with Crippen molar-refractivity contribution >= 4 is 6.08 Å². The zero-order chi connectivity index (χ0) is 16.1. The fourth-order valence-electron chi connectivity index (χ4n) is 2.21. The molecular formula is C18H20O4. The van der Waals surface area contributed by atoms with Crippen LogP contribution < -0.4 is 10.2 Å². The Bertz CT molecular complexity index is 714. The van der Waals surface area contributed by atoms with Gasteiger partial charge in [0.15, 0.2) is 5.43 Å². The van der Waals surface area contributed by atoms with Crippen molar-refractivity contribution < 1.29 is 14.3 Å². The molecule has 0 spiro atoms. The van der Waals surface area contributed by atoms with Gasteiger partial charge in [0, 0.05) is 5.56 Å². The van der Waals surface area contributed by atoms with Crippen molar-refractivity contribution in [2.45, 2.75) is 26.4 Å². The molecule has 2 rings (SSSR count). The van der Waals surface area contributed by atoms with E-state index in [0.29, 0.717) is 23.3 Å². The molecule has 0 saturated heterocycles. The number of hydrogen-bond acceptors (Lipinski definition) is 4. The Morgan fingerprint density at radius 3 is 2.55 bits per heavy atom. The average molecular weight is 300 g/mol. The van der Waals surface area contributed by atoms with Gasteiger partial charge in [0.2, 0.25) is 0 Å². The van der Waals surface area contributed by atoms with Gasteiger partial charge in [0.1, 0.15) is 5.76 Å². The van der Waals surface area contributed by atoms with Crippen LogP contribution in [0, 0.1) is 13.8 Å². The van der Waals surface area contributed by atoms with Gasteiger partial charge in [-0.3, -0.25) is 4.79 Å². The highest BCUT2D eigenvalue weighted by Crippen LogP contribution is 2.21. The maximum Gasteiger partial charge on any atom is 0.291 e. The Kier molecular flexibility index (Phi) is 5.17. The third kappa shape index (κ3) is 3.46. The molecule has 0 amide bonds. The minimum atomic E-state index is -0.586. The number of benzene rings is 1. The molecule has 0 saturated carbocycles.